The molecule has 1 aliphatic heterocycles. The van der Waals surface area contributed by atoms with Gasteiger partial charge in [-0.25, -0.2) is 13.8 Å². The van der Waals surface area contributed by atoms with Gasteiger partial charge in [0.2, 0.25) is 11.8 Å². The van der Waals surface area contributed by atoms with Crippen LogP contribution in [0.4, 0.5) is 14.5 Å². The zero-order valence-corrected chi connectivity index (χ0v) is 24.3. The van der Waals surface area contributed by atoms with Crippen LogP contribution < -0.4 is 15.4 Å². The number of carbonyl (C=O) groups is 2. The summed E-state index contributed by atoms with van der Waals surface area (Å²) in [4.78, 5) is 31.6. The number of likely N-dealkylation sites (N-methyl/N-ethyl adjacent to an activating group) is 1. The van der Waals surface area contributed by atoms with Gasteiger partial charge in [0.1, 0.15) is 28.7 Å². The van der Waals surface area contributed by atoms with Crippen molar-refractivity contribution in [3.8, 4) is 10.6 Å². The minimum atomic E-state index is -4.23. The molecule has 4 aromatic rings. The first kappa shape index (κ1) is 29.7. The fourth-order valence-corrected chi connectivity index (χ4v) is 6.92. The van der Waals surface area contributed by atoms with E-state index in [-0.39, 0.29) is 17.1 Å². The molecule has 9 nitrogen and oxygen atoms in total. The summed E-state index contributed by atoms with van der Waals surface area (Å²) >= 11 is 6.98. The van der Waals surface area contributed by atoms with Gasteiger partial charge in [-0.15, -0.1) is 11.3 Å². The van der Waals surface area contributed by atoms with Crippen molar-refractivity contribution in [3.05, 3.63) is 106 Å². The Balaban J connectivity index is 1.39. The topological polar surface area (TPSA) is 120 Å². The Hall–Kier alpha value is -3.75. The SMILES string of the molecule is CN1C(C(=O)Nc2ccc(F)c(Cl)c2)CC(C(=O)NC(c2ccccc2)c2cnc(-c3ccccc3F)s2)NS1(=O)=O. The molecule has 1 aromatic heterocycles. The monoisotopic (exact) mass is 631 g/mol. The predicted molar refractivity (Wildman–Crippen MR) is 156 cm³/mol. The number of aromatic nitrogens is 1. The van der Waals surface area contributed by atoms with Gasteiger partial charge in [-0.3, -0.25) is 9.59 Å². The Bertz CT molecular complexity index is 1740. The highest BCUT2D eigenvalue weighted by atomic mass is 35.5. The van der Waals surface area contributed by atoms with Crippen molar-refractivity contribution in [2.45, 2.75) is 24.5 Å². The number of amides is 2. The number of benzene rings is 3. The second-order valence-corrected chi connectivity index (χ2v) is 12.7. The molecule has 42 heavy (non-hydrogen) atoms. The van der Waals surface area contributed by atoms with E-state index in [9.17, 15) is 26.8 Å². The molecule has 0 aliphatic carbocycles. The summed E-state index contributed by atoms with van der Waals surface area (Å²) in [5.74, 6) is -2.52. The van der Waals surface area contributed by atoms with E-state index >= 15 is 0 Å². The lowest BCUT2D eigenvalue weighted by Gasteiger charge is -2.35. The highest BCUT2D eigenvalue weighted by molar-refractivity contribution is 7.87. The fraction of sp³-hybridized carbons (Fsp3) is 0.179. The second kappa shape index (κ2) is 12.2. The second-order valence-electron chi connectivity index (χ2n) is 9.46. The van der Waals surface area contributed by atoms with Crippen LogP contribution in [0.3, 0.4) is 0 Å². The molecule has 0 bridgehead atoms. The Morgan fingerprint density at radius 3 is 2.48 bits per heavy atom. The molecule has 0 saturated carbocycles. The average molecular weight is 632 g/mol. The molecule has 218 valence electrons. The lowest BCUT2D eigenvalue weighted by molar-refractivity contribution is -0.125. The normalized spacial score (nSPS) is 19.1. The summed E-state index contributed by atoms with van der Waals surface area (Å²) in [7, 11) is -3.02. The molecule has 1 fully saturated rings. The zero-order chi connectivity index (χ0) is 30.0. The quantitative estimate of drug-likeness (QED) is 0.278. The Morgan fingerprint density at radius 2 is 1.76 bits per heavy atom. The molecule has 2 heterocycles. The van der Waals surface area contributed by atoms with Gasteiger partial charge in [0.15, 0.2) is 0 Å². The number of thiazole rings is 1. The summed E-state index contributed by atoms with van der Waals surface area (Å²) in [5, 5.41) is 5.60. The molecule has 3 aromatic carbocycles. The summed E-state index contributed by atoms with van der Waals surface area (Å²) < 4.78 is 57.0. The Kier molecular flexibility index (Phi) is 8.66. The minimum absolute atomic E-state index is 0.164. The van der Waals surface area contributed by atoms with Crippen molar-refractivity contribution in [1.82, 2.24) is 19.3 Å². The van der Waals surface area contributed by atoms with Crippen LogP contribution in [0.15, 0.2) is 79.0 Å². The Labute approximate surface area is 249 Å². The summed E-state index contributed by atoms with van der Waals surface area (Å²) in [6, 6.07) is 15.4. The van der Waals surface area contributed by atoms with Crippen molar-refractivity contribution in [2.75, 3.05) is 12.4 Å². The first-order valence-corrected chi connectivity index (χ1v) is 15.2. The summed E-state index contributed by atoms with van der Waals surface area (Å²) in [6.07, 6.45) is 1.33. The number of rotatable bonds is 7. The largest absolute Gasteiger partial charge is 0.343 e. The van der Waals surface area contributed by atoms with Crippen molar-refractivity contribution in [3.63, 3.8) is 0 Å². The van der Waals surface area contributed by atoms with Crippen LogP contribution >= 0.6 is 22.9 Å². The van der Waals surface area contributed by atoms with E-state index in [0.29, 0.717) is 21.0 Å². The van der Waals surface area contributed by atoms with Gasteiger partial charge < -0.3 is 10.6 Å². The molecule has 3 unspecified atom stereocenters. The van der Waals surface area contributed by atoms with Crippen LogP contribution in [0.5, 0.6) is 0 Å². The van der Waals surface area contributed by atoms with Gasteiger partial charge >= 0.3 is 0 Å². The number of anilines is 1. The van der Waals surface area contributed by atoms with Crippen LogP contribution in [0, 0.1) is 11.6 Å². The van der Waals surface area contributed by atoms with Crippen LogP contribution in [-0.2, 0) is 19.8 Å². The molecular formula is C28H24ClF2N5O4S2. The van der Waals surface area contributed by atoms with Gasteiger partial charge in [-0.2, -0.15) is 17.4 Å². The third-order valence-corrected chi connectivity index (χ3v) is 9.69. The van der Waals surface area contributed by atoms with Gasteiger partial charge in [0.05, 0.1) is 15.9 Å². The summed E-state index contributed by atoms with van der Waals surface area (Å²) in [6.45, 7) is 0. The molecule has 0 radical (unpaired) electrons. The van der Waals surface area contributed by atoms with Gasteiger partial charge in [0, 0.05) is 24.5 Å². The maximum Gasteiger partial charge on any atom is 0.280 e. The Morgan fingerprint density at radius 1 is 1.05 bits per heavy atom. The van der Waals surface area contributed by atoms with E-state index in [2.05, 4.69) is 20.3 Å². The lowest BCUT2D eigenvalue weighted by Crippen LogP contribution is -2.62. The molecule has 5 rings (SSSR count). The first-order chi connectivity index (χ1) is 20.0. The van der Waals surface area contributed by atoms with E-state index in [1.54, 1.807) is 42.5 Å². The number of hydrogen-bond acceptors (Lipinski definition) is 6. The molecule has 14 heteroatoms. The molecule has 2 amide bonds. The molecule has 1 saturated heterocycles. The number of hydrogen-bond donors (Lipinski definition) is 3. The lowest BCUT2D eigenvalue weighted by atomic mass is 10.0. The van der Waals surface area contributed by atoms with Crippen molar-refractivity contribution in [2.24, 2.45) is 0 Å². The van der Waals surface area contributed by atoms with Crippen LogP contribution in [0.2, 0.25) is 5.02 Å². The van der Waals surface area contributed by atoms with Crippen LogP contribution in [0.1, 0.15) is 22.9 Å². The highest BCUT2D eigenvalue weighted by Crippen LogP contribution is 2.33. The number of halogens is 3. The van der Waals surface area contributed by atoms with Crippen molar-refractivity contribution >= 4 is 50.6 Å². The van der Waals surface area contributed by atoms with Crippen LogP contribution in [0.25, 0.3) is 10.6 Å². The standard InChI is InChI=1S/C28H24ClF2N5O4S2/c1-36-23(27(38)33-17-11-12-21(31)19(29)13-17)14-22(35-42(36,39)40)26(37)34-25(16-7-3-2-4-8-16)24-15-32-28(41-24)18-9-5-6-10-20(18)30/h2-13,15,22-23,25,35H,14H2,1H3,(H,33,38)(H,34,37). The number of nitrogens with zero attached hydrogens (tertiary/aromatic N) is 2. The van der Waals surface area contributed by atoms with E-state index in [1.807, 2.05) is 6.07 Å². The van der Waals surface area contributed by atoms with E-state index in [0.717, 1.165) is 10.4 Å². The van der Waals surface area contributed by atoms with E-state index in [4.69, 9.17) is 11.6 Å². The van der Waals surface area contributed by atoms with E-state index in [1.165, 1.54) is 42.8 Å². The van der Waals surface area contributed by atoms with Gasteiger partial charge in [-0.1, -0.05) is 54.1 Å². The van der Waals surface area contributed by atoms with Gasteiger partial charge in [0.25, 0.3) is 10.2 Å². The van der Waals surface area contributed by atoms with Gasteiger partial charge in [-0.05, 0) is 42.3 Å². The van der Waals surface area contributed by atoms with Crippen LogP contribution in [-0.4, -0.2) is 48.7 Å². The zero-order valence-electron chi connectivity index (χ0n) is 21.9. The first-order valence-electron chi connectivity index (χ1n) is 12.6. The average Bonchev–Trinajstić information content (AvgIpc) is 3.45. The molecule has 3 N–H and O–H groups in total. The van der Waals surface area contributed by atoms with E-state index < -0.39 is 51.8 Å². The predicted octanol–water partition coefficient (Wildman–Crippen LogP) is 4.49. The smallest absolute Gasteiger partial charge is 0.280 e. The third-order valence-electron chi connectivity index (χ3n) is 6.71. The molecule has 1 aliphatic rings. The number of nitrogens with one attached hydrogen (secondary N) is 3. The van der Waals surface area contributed by atoms with Crippen molar-refractivity contribution < 1.29 is 26.8 Å². The fourth-order valence-electron chi connectivity index (χ4n) is 4.47. The highest BCUT2D eigenvalue weighted by Gasteiger charge is 2.43. The van der Waals surface area contributed by atoms with Crippen molar-refractivity contribution in [1.29, 1.82) is 0 Å². The third kappa shape index (κ3) is 6.35. The molecular weight excluding hydrogens is 608 g/mol. The maximum atomic E-state index is 14.4. The molecule has 0 spiro atoms. The number of carbonyl (C=O) groups excluding carboxylic acids is 2. The maximum absolute atomic E-state index is 14.4. The minimum Gasteiger partial charge on any atom is -0.343 e. The summed E-state index contributed by atoms with van der Waals surface area (Å²) in [5.41, 5.74) is 1.16. The molecule has 3 atom stereocenters.